The van der Waals surface area contributed by atoms with Crippen LogP contribution in [0.25, 0.3) is 0 Å². The molecule has 1 fully saturated rings. The summed E-state index contributed by atoms with van der Waals surface area (Å²) in [5.41, 5.74) is 1.08. The maximum absolute atomic E-state index is 12.3. The molecule has 110 valence electrons. The molecule has 4 heteroatoms. The summed E-state index contributed by atoms with van der Waals surface area (Å²) < 4.78 is 1.05. The van der Waals surface area contributed by atoms with E-state index < -0.39 is 0 Å². The minimum absolute atomic E-state index is 0.222. The van der Waals surface area contributed by atoms with Gasteiger partial charge in [0, 0.05) is 23.6 Å². The molecule has 2 rings (SSSR count). The second-order valence-electron chi connectivity index (χ2n) is 5.60. The summed E-state index contributed by atoms with van der Waals surface area (Å²) >= 11 is 3.41. The highest BCUT2D eigenvalue weighted by atomic mass is 79.9. The highest BCUT2D eigenvalue weighted by Crippen LogP contribution is 2.23. The molecule has 0 bridgehead atoms. The van der Waals surface area contributed by atoms with Crippen LogP contribution in [0.3, 0.4) is 0 Å². The molecule has 1 aliphatic carbocycles. The largest absolute Gasteiger partial charge is 0.342 e. The first-order chi connectivity index (χ1) is 9.60. The predicted octanol–water partition coefficient (Wildman–Crippen LogP) is 2.98. The maximum Gasteiger partial charge on any atom is 0.226 e. The first kappa shape index (κ1) is 15.5. The van der Waals surface area contributed by atoms with Gasteiger partial charge in [-0.15, -0.1) is 0 Å². The molecule has 0 heterocycles. The van der Waals surface area contributed by atoms with Crippen LogP contribution in [0.15, 0.2) is 28.7 Å². The van der Waals surface area contributed by atoms with Crippen molar-refractivity contribution in [3.63, 3.8) is 0 Å². The molecule has 0 unspecified atom stereocenters. The quantitative estimate of drug-likeness (QED) is 0.915. The van der Waals surface area contributed by atoms with Crippen LogP contribution in [0, 0.1) is 0 Å². The van der Waals surface area contributed by atoms with E-state index in [1.165, 1.54) is 0 Å². The highest BCUT2D eigenvalue weighted by molar-refractivity contribution is 9.10. The Morgan fingerprint density at radius 1 is 1.25 bits per heavy atom. The smallest absolute Gasteiger partial charge is 0.226 e. The van der Waals surface area contributed by atoms with Gasteiger partial charge in [-0.3, -0.25) is 4.79 Å². The molecule has 0 aromatic heterocycles. The highest BCUT2D eigenvalue weighted by Gasteiger charge is 2.25. The molecule has 20 heavy (non-hydrogen) atoms. The zero-order chi connectivity index (χ0) is 14.5. The molecule has 0 aliphatic heterocycles. The van der Waals surface area contributed by atoms with Gasteiger partial charge in [0.2, 0.25) is 5.91 Å². The van der Waals surface area contributed by atoms with E-state index in [0.717, 1.165) is 35.7 Å². The SMILES string of the molecule is CNC1CCC(N(C)C(=O)Cc2ccc(Br)cc2)CC1. The molecule has 0 saturated heterocycles. The molecule has 1 aliphatic rings. The van der Waals surface area contributed by atoms with Crippen molar-refractivity contribution >= 4 is 21.8 Å². The van der Waals surface area contributed by atoms with Crippen molar-refractivity contribution in [3.8, 4) is 0 Å². The van der Waals surface area contributed by atoms with Gasteiger partial charge in [0.05, 0.1) is 6.42 Å². The lowest BCUT2D eigenvalue weighted by molar-refractivity contribution is -0.131. The minimum atomic E-state index is 0.222. The molecule has 0 spiro atoms. The number of nitrogens with zero attached hydrogens (tertiary/aromatic N) is 1. The van der Waals surface area contributed by atoms with Crippen molar-refractivity contribution < 1.29 is 4.79 Å². The fourth-order valence-corrected chi connectivity index (χ4v) is 3.12. The van der Waals surface area contributed by atoms with E-state index in [0.29, 0.717) is 18.5 Å². The summed E-state index contributed by atoms with van der Waals surface area (Å²) in [4.78, 5) is 14.3. The molecule has 0 atom stereocenters. The number of carbonyl (C=O) groups is 1. The first-order valence-electron chi connectivity index (χ1n) is 7.27. The van der Waals surface area contributed by atoms with E-state index in [2.05, 4.69) is 21.2 Å². The van der Waals surface area contributed by atoms with Crippen LogP contribution >= 0.6 is 15.9 Å². The molecule has 1 aromatic rings. The van der Waals surface area contributed by atoms with E-state index in [1.54, 1.807) is 0 Å². The van der Waals surface area contributed by atoms with Gasteiger partial charge in [0.25, 0.3) is 0 Å². The summed E-state index contributed by atoms with van der Waals surface area (Å²) in [5, 5.41) is 3.33. The number of hydrogen-bond acceptors (Lipinski definition) is 2. The number of benzene rings is 1. The Balaban J connectivity index is 1.87. The zero-order valence-electron chi connectivity index (χ0n) is 12.2. The average Bonchev–Trinajstić information content (AvgIpc) is 2.49. The fourth-order valence-electron chi connectivity index (χ4n) is 2.86. The fraction of sp³-hybridized carbons (Fsp3) is 0.562. The summed E-state index contributed by atoms with van der Waals surface area (Å²) in [6, 6.07) is 9.02. The van der Waals surface area contributed by atoms with Gasteiger partial charge in [0.15, 0.2) is 0 Å². The normalized spacial score (nSPS) is 22.6. The summed E-state index contributed by atoms with van der Waals surface area (Å²) in [6.07, 6.45) is 5.03. The summed E-state index contributed by atoms with van der Waals surface area (Å²) in [6.45, 7) is 0. The van der Waals surface area contributed by atoms with E-state index in [1.807, 2.05) is 43.3 Å². The van der Waals surface area contributed by atoms with Gasteiger partial charge in [-0.05, 0) is 50.4 Å². The van der Waals surface area contributed by atoms with Crippen molar-refractivity contribution in [2.45, 2.75) is 44.2 Å². The number of carbonyl (C=O) groups excluding carboxylic acids is 1. The lowest BCUT2D eigenvalue weighted by Gasteiger charge is -2.34. The number of nitrogens with one attached hydrogen (secondary N) is 1. The van der Waals surface area contributed by atoms with Gasteiger partial charge in [0.1, 0.15) is 0 Å². The van der Waals surface area contributed by atoms with Crippen LogP contribution in [-0.2, 0) is 11.2 Å². The Morgan fingerprint density at radius 2 is 1.85 bits per heavy atom. The Kier molecular flexibility index (Phi) is 5.61. The second kappa shape index (κ2) is 7.23. The molecule has 1 N–H and O–H groups in total. The van der Waals surface area contributed by atoms with Crippen molar-refractivity contribution in [3.05, 3.63) is 34.3 Å². The third kappa shape index (κ3) is 4.06. The van der Waals surface area contributed by atoms with E-state index in [9.17, 15) is 4.79 Å². The number of amides is 1. The van der Waals surface area contributed by atoms with Crippen LogP contribution in [0.5, 0.6) is 0 Å². The Labute approximate surface area is 129 Å². The van der Waals surface area contributed by atoms with E-state index in [-0.39, 0.29) is 5.91 Å². The Morgan fingerprint density at radius 3 is 2.40 bits per heavy atom. The van der Waals surface area contributed by atoms with Crippen molar-refractivity contribution in [2.24, 2.45) is 0 Å². The van der Waals surface area contributed by atoms with Gasteiger partial charge in [-0.2, -0.15) is 0 Å². The van der Waals surface area contributed by atoms with Crippen molar-refractivity contribution in [1.29, 1.82) is 0 Å². The first-order valence-corrected chi connectivity index (χ1v) is 8.07. The van der Waals surface area contributed by atoms with E-state index >= 15 is 0 Å². The molecular formula is C16H23BrN2O. The van der Waals surface area contributed by atoms with Crippen LogP contribution in [0.2, 0.25) is 0 Å². The molecule has 1 amide bonds. The predicted molar refractivity (Wildman–Crippen MR) is 85.7 cm³/mol. The third-order valence-electron chi connectivity index (χ3n) is 4.31. The van der Waals surface area contributed by atoms with Crippen LogP contribution in [0.1, 0.15) is 31.2 Å². The van der Waals surface area contributed by atoms with E-state index in [4.69, 9.17) is 0 Å². The van der Waals surface area contributed by atoms with Gasteiger partial charge in [-0.1, -0.05) is 28.1 Å². The number of halogens is 1. The summed E-state index contributed by atoms with van der Waals surface area (Å²) in [7, 11) is 3.97. The van der Waals surface area contributed by atoms with Gasteiger partial charge in [-0.25, -0.2) is 0 Å². The molecule has 1 aromatic carbocycles. The molecule has 3 nitrogen and oxygen atoms in total. The standard InChI is InChI=1S/C16H23BrN2O/c1-18-14-7-9-15(10-8-14)19(2)16(20)11-12-3-5-13(17)6-4-12/h3-6,14-15,18H,7-11H2,1-2H3. The summed E-state index contributed by atoms with van der Waals surface area (Å²) in [5.74, 6) is 0.222. The Bertz CT molecular complexity index is 438. The topological polar surface area (TPSA) is 32.3 Å². The lowest BCUT2D eigenvalue weighted by atomic mass is 9.90. The zero-order valence-corrected chi connectivity index (χ0v) is 13.8. The third-order valence-corrected chi connectivity index (χ3v) is 4.84. The minimum Gasteiger partial charge on any atom is -0.342 e. The number of likely N-dealkylation sites (N-methyl/N-ethyl adjacent to an activating group) is 1. The van der Waals surface area contributed by atoms with Crippen molar-refractivity contribution in [2.75, 3.05) is 14.1 Å². The average molecular weight is 339 g/mol. The van der Waals surface area contributed by atoms with Gasteiger partial charge >= 0.3 is 0 Å². The molecular weight excluding hydrogens is 316 g/mol. The number of hydrogen-bond donors (Lipinski definition) is 1. The van der Waals surface area contributed by atoms with Gasteiger partial charge < -0.3 is 10.2 Å². The second-order valence-corrected chi connectivity index (χ2v) is 6.52. The van der Waals surface area contributed by atoms with Crippen LogP contribution < -0.4 is 5.32 Å². The monoisotopic (exact) mass is 338 g/mol. The number of rotatable bonds is 4. The molecule has 1 saturated carbocycles. The Hall–Kier alpha value is -0.870. The lowest BCUT2D eigenvalue weighted by Crippen LogP contribution is -2.43. The van der Waals surface area contributed by atoms with Crippen LogP contribution in [-0.4, -0.2) is 37.0 Å². The molecule has 0 radical (unpaired) electrons. The van der Waals surface area contributed by atoms with Crippen LogP contribution in [0.4, 0.5) is 0 Å². The maximum atomic E-state index is 12.3. The van der Waals surface area contributed by atoms with Crippen molar-refractivity contribution in [1.82, 2.24) is 10.2 Å².